The molecule has 0 bridgehead atoms. The summed E-state index contributed by atoms with van der Waals surface area (Å²) in [5.74, 6) is 0.412. The van der Waals surface area contributed by atoms with E-state index in [0.717, 1.165) is 42.7 Å². The van der Waals surface area contributed by atoms with Crippen LogP contribution in [0.3, 0.4) is 0 Å². The Kier molecular flexibility index (Phi) is 5.75. The summed E-state index contributed by atoms with van der Waals surface area (Å²) in [4.78, 5) is 24.2. The van der Waals surface area contributed by atoms with Gasteiger partial charge in [0, 0.05) is 12.5 Å². The molecule has 2 aromatic carbocycles. The molecule has 7 nitrogen and oxygen atoms in total. The normalized spacial score (nSPS) is 14.9. The molecule has 0 radical (unpaired) electrons. The lowest BCUT2D eigenvalue weighted by Crippen LogP contribution is -2.33. The number of amides is 1. The minimum atomic E-state index is -0.769. The quantitative estimate of drug-likeness (QED) is 0.637. The Bertz CT molecular complexity index is 1140. The van der Waals surface area contributed by atoms with E-state index in [1.807, 2.05) is 48.5 Å². The van der Waals surface area contributed by atoms with Gasteiger partial charge in [0.25, 0.3) is 11.3 Å². The zero-order valence-electron chi connectivity index (χ0n) is 17.4. The Morgan fingerprint density at radius 2 is 1.84 bits per heavy atom. The SMILES string of the molecule is CNC(=O)c1nn(CC2(c3cccc(Oc4ccccc4)c3)CCCC2)cc(O)c1=O. The fourth-order valence-electron chi connectivity index (χ4n) is 4.29. The van der Waals surface area contributed by atoms with E-state index in [9.17, 15) is 14.7 Å². The first-order valence-corrected chi connectivity index (χ1v) is 10.4. The summed E-state index contributed by atoms with van der Waals surface area (Å²) in [6, 6.07) is 17.6. The number of para-hydroxylation sites is 1. The predicted octanol–water partition coefficient (Wildman–Crippen LogP) is 3.61. The van der Waals surface area contributed by atoms with Gasteiger partial charge in [-0.05, 0) is 42.7 Å². The van der Waals surface area contributed by atoms with Crippen molar-refractivity contribution in [2.75, 3.05) is 7.05 Å². The van der Waals surface area contributed by atoms with Crippen LogP contribution in [0.15, 0.2) is 65.6 Å². The number of rotatable bonds is 6. The van der Waals surface area contributed by atoms with Gasteiger partial charge in [0.05, 0.1) is 12.7 Å². The van der Waals surface area contributed by atoms with Crippen molar-refractivity contribution in [2.24, 2.45) is 0 Å². The first-order chi connectivity index (χ1) is 15.0. The first kappa shape index (κ1) is 20.7. The lowest BCUT2D eigenvalue weighted by molar-refractivity contribution is 0.0953. The number of carbonyl (C=O) groups excluding carboxylic acids is 1. The lowest BCUT2D eigenvalue weighted by Gasteiger charge is -2.30. The molecule has 1 aliphatic rings. The molecule has 0 spiro atoms. The van der Waals surface area contributed by atoms with Crippen molar-refractivity contribution >= 4 is 5.91 Å². The number of hydrogen-bond donors (Lipinski definition) is 2. The third kappa shape index (κ3) is 4.30. The number of benzene rings is 2. The second kappa shape index (κ2) is 8.63. The van der Waals surface area contributed by atoms with E-state index in [4.69, 9.17) is 4.74 Å². The molecular weight excluding hydrogens is 394 g/mol. The predicted molar refractivity (Wildman–Crippen MR) is 117 cm³/mol. The van der Waals surface area contributed by atoms with Crippen LogP contribution >= 0.6 is 0 Å². The summed E-state index contributed by atoms with van der Waals surface area (Å²) in [5, 5.41) is 16.7. The average molecular weight is 419 g/mol. The van der Waals surface area contributed by atoms with E-state index >= 15 is 0 Å². The van der Waals surface area contributed by atoms with E-state index in [0.29, 0.717) is 6.54 Å². The number of nitrogens with zero attached hydrogens (tertiary/aromatic N) is 2. The number of hydrogen-bond acceptors (Lipinski definition) is 5. The molecule has 1 heterocycles. The van der Waals surface area contributed by atoms with Crippen LogP contribution in [-0.4, -0.2) is 27.8 Å². The Morgan fingerprint density at radius 1 is 1.13 bits per heavy atom. The van der Waals surface area contributed by atoms with Gasteiger partial charge in [-0.1, -0.05) is 43.2 Å². The second-order valence-electron chi connectivity index (χ2n) is 7.90. The lowest BCUT2D eigenvalue weighted by atomic mass is 9.78. The molecule has 3 aromatic rings. The van der Waals surface area contributed by atoms with Crippen LogP contribution in [0.25, 0.3) is 0 Å². The molecule has 1 fully saturated rings. The van der Waals surface area contributed by atoms with Gasteiger partial charge in [0.1, 0.15) is 11.5 Å². The van der Waals surface area contributed by atoms with Crippen LogP contribution < -0.4 is 15.5 Å². The smallest absolute Gasteiger partial charge is 0.275 e. The largest absolute Gasteiger partial charge is 0.503 e. The fraction of sp³-hybridized carbons (Fsp3) is 0.292. The van der Waals surface area contributed by atoms with Crippen LogP contribution in [0.2, 0.25) is 0 Å². The van der Waals surface area contributed by atoms with Crippen LogP contribution in [0.5, 0.6) is 17.2 Å². The highest BCUT2D eigenvalue weighted by Crippen LogP contribution is 2.43. The molecule has 0 aliphatic heterocycles. The van der Waals surface area contributed by atoms with E-state index in [2.05, 4.69) is 16.5 Å². The van der Waals surface area contributed by atoms with Gasteiger partial charge in [0.15, 0.2) is 11.4 Å². The number of aromatic hydroxyl groups is 1. The highest BCUT2D eigenvalue weighted by molar-refractivity contribution is 5.92. The van der Waals surface area contributed by atoms with Crippen molar-refractivity contribution in [3.05, 3.63) is 82.3 Å². The third-order valence-electron chi connectivity index (χ3n) is 5.84. The molecule has 0 unspecified atom stereocenters. The van der Waals surface area contributed by atoms with Gasteiger partial charge in [0.2, 0.25) is 0 Å². The van der Waals surface area contributed by atoms with E-state index in [-0.39, 0.29) is 11.1 Å². The van der Waals surface area contributed by atoms with Crippen molar-refractivity contribution in [1.29, 1.82) is 0 Å². The van der Waals surface area contributed by atoms with E-state index in [1.54, 1.807) is 0 Å². The summed E-state index contributed by atoms with van der Waals surface area (Å²) in [5.41, 5.74) is -0.198. The zero-order valence-corrected chi connectivity index (χ0v) is 17.4. The highest BCUT2D eigenvalue weighted by atomic mass is 16.5. The van der Waals surface area contributed by atoms with E-state index < -0.39 is 17.1 Å². The molecule has 2 N–H and O–H groups in total. The van der Waals surface area contributed by atoms with Crippen molar-refractivity contribution in [3.8, 4) is 17.2 Å². The minimum absolute atomic E-state index is 0.232. The maximum Gasteiger partial charge on any atom is 0.275 e. The van der Waals surface area contributed by atoms with Gasteiger partial charge in [-0.2, -0.15) is 5.10 Å². The van der Waals surface area contributed by atoms with Crippen molar-refractivity contribution in [2.45, 2.75) is 37.6 Å². The standard InChI is InChI=1S/C24H25N3O4/c1-25-23(30)21-22(29)20(28)15-27(26-21)16-24(12-5-6-13-24)17-8-7-11-19(14-17)31-18-9-3-2-4-10-18/h2-4,7-11,14-15,28H,5-6,12-13,16H2,1H3,(H,25,30). The fourth-order valence-corrected chi connectivity index (χ4v) is 4.29. The average Bonchev–Trinajstić information content (AvgIpc) is 3.26. The number of ether oxygens (including phenoxy) is 1. The van der Waals surface area contributed by atoms with Gasteiger partial charge in [-0.15, -0.1) is 0 Å². The van der Waals surface area contributed by atoms with Crippen LogP contribution in [0.4, 0.5) is 0 Å². The molecule has 1 saturated carbocycles. The second-order valence-corrected chi connectivity index (χ2v) is 7.90. The Morgan fingerprint density at radius 3 is 2.55 bits per heavy atom. The molecule has 1 aromatic heterocycles. The molecule has 0 saturated heterocycles. The molecule has 160 valence electrons. The number of aromatic nitrogens is 2. The first-order valence-electron chi connectivity index (χ1n) is 10.4. The van der Waals surface area contributed by atoms with E-state index in [1.165, 1.54) is 17.9 Å². The Balaban J connectivity index is 1.68. The zero-order chi connectivity index (χ0) is 21.8. The summed E-state index contributed by atoms with van der Waals surface area (Å²) in [6.45, 7) is 0.444. The van der Waals surface area contributed by atoms with Gasteiger partial charge in [-0.25, -0.2) is 0 Å². The maximum atomic E-state index is 12.1. The van der Waals surface area contributed by atoms with Crippen LogP contribution in [0.1, 0.15) is 41.7 Å². The number of nitrogens with one attached hydrogen (secondary N) is 1. The third-order valence-corrected chi connectivity index (χ3v) is 5.84. The van der Waals surface area contributed by atoms with Crippen molar-refractivity contribution < 1.29 is 14.6 Å². The topological polar surface area (TPSA) is 93.5 Å². The Labute approximate surface area is 180 Å². The highest BCUT2D eigenvalue weighted by Gasteiger charge is 2.37. The monoisotopic (exact) mass is 419 g/mol. The molecule has 1 amide bonds. The van der Waals surface area contributed by atoms with Gasteiger partial charge >= 0.3 is 0 Å². The Hall–Kier alpha value is -3.61. The molecule has 0 atom stereocenters. The minimum Gasteiger partial charge on any atom is -0.503 e. The van der Waals surface area contributed by atoms with Crippen molar-refractivity contribution in [1.82, 2.24) is 15.1 Å². The molecule has 4 rings (SSSR count). The van der Waals surface area contributed by atoms with Gasteiger partial charge in [-0.3, -0.25) is 14.3 Å². The van der Waals surface area contributed by atoms with Crippen LogP contribution in [-0.2, 0) is 12.0 Å². The summed E-state index contributed by atoms with van der Waals surface area (Å²) < 4.78 is 7.53. The summed E-state index contributed by atoms with van der Waals surface area (Å²) in [7, 11) is 1.43. The van der Waals surface area contributed by atoms with Gasteiger partial charge < -0.3 is 15.2 Å². The maximum absolute atomic E-state index is 12.1. The van der Waals surface area contributed by atoms with Crippen LogP contribution in [0, 0.1) is 0 Å². The molecule has 7 heteroatoms. The summed E-state index contributed by atoms with van der Waals surface area (Å²) >= 11 is 0. The molecular formula is C24H25N3O4. The number of carbonyl (C=O) groups is 1. The molecule has 1 aliphatic carbocycles. The summed E-state index contributed by atoms with van der Waals surface area (Å²) in [6.07, 6.45) is 5.31. The van der Waals surface area contributed by atoms with Crippen molar-refractivity contribution in [3.63, 3.8) is 0 Å². The molecule has 31 heavy (non-hydrogen) atoms.